The Morgan fingerprint density at radius 2 is 1.91 bits per heavy atom. The average molecular weight is 438 g/mol. The number of ether oxygens (including phenoxy) is 2. The third-order valence-corrected chi connectivity index (χ3v) is 5.89. The van der Waals surface area contributed by atoms with Crippen LogP contribution in [0.3, 0.4) is 0 Å². The lowest BCUT2D eigenvalue weighted by atomic mass is 9.86. The number of aromatic amines is 1. The van der Waals surface area contributed by atoms with Crippen LogP contribution >= 0.6 is 0 Å². The fourth-order valence-corrected chi connectivity index (χ4v) is 4.54. The van der Waals surface area contributed by atoms with Crippen molar-refractivity contribution in [1.82, 2.24) is 14.9 Å². The summed E-state index contributed by atoms with van der Waals surface area (Å²) < 4.78 is 25.8. The van der Waals surface area contributed by atoms with Gasteiger partial charge in [-0.25, -0.2) is 9.37 Å². The molecule has 168 valence electrons. The van der Waals surface area contributed by atoms with Crippen LogP contribution in [-0.2, 0) is 6.54 Å². The number of H-pyrrole nitrogens is 1. The molecule has 4 rings (SSSR count). The summed E-state index contributed by atoms with van der Waals surface area (Å²) in [5, 5.41) is 0. The normalized spacial score (nSPS) is 18.6. The number of hydrogen-bond donors (Lipinski definition) is 1. The topological polar surface area (TPSA) is 67.5 Å². The van der Waals surface area contributed by atoms with Gasteiger partial charge in [0.25, 0.3) is 5.56 Å². The summed E-state index contributed by atoms with van der Waals surface area (Å²) in [4.78, 5) is 21.7. The summed E-state index contributed by atoms with van der Waals surface area (Å²) in [5.41, 5.74) is 2.25. The van der Waals surface area contributed by atoms with E-state index in [1.807, 2.05) is 37.3 Å². The van der Waals surface area contributed by atoms with Crippen LogP contribution in [0.25, 0.3) is 0 Å². The highest BCUT2D eigenvalue weighted by Crippen LogP contribution is 2.40. The molecule has 2 aromatic carbocycles. The van der Waals surface area contributed by atoms with Crippen molar-refractivity contribution < 1.29 is 13.9 Å². The van der Waals surface area contributed by atoms with E-state index >= 15 is 0 Å². The van der Waals surface area contributed by atoms with Gasteiger partial charge in [0.2, 0.25) is 0 Å². The minimum Gasteiger partial charge on any atom is -0.493 e. The Morgan fingerprint density at radius 3 is 2.62 bits per heavy atom. The SMILES string of the molecule is CCOc1cc(CN2C[C@@H](c3cc(=O)[nH]c(C)n3)[C@H](c3ccccc3F)C2)ccc1OC. The molecule has 0 bridgehead atoms. The molecule has 0 radical (unpaired) electrons. The van der Waals surface area contributed by atoms with Crippen molar-refractivity contribution in [1.29, 1.82) is 0 Å². The molecule has 0 saturated carbocycles. The summed E-state index contributed by atoms with van der Waals surface area (Å²) in [6.45, 7) is 6.26. The van der Waals surface area contributed by atoms with Crippen LogP contribution in [0.15, 0.2) is 53.3 Å². The van der Waals surface area contributed by atoms with Crippen molar-refractivity contribution in [2.75, 3.05) is 26.8 Å². The van der Waals surface area contributed by atoms with Crippen LogP contribution in [0, 0.1) is 12.7 Å². The number of benzene rings is 2. The minimum absolute atomic E-state index is 0.0856. The molecule has 7 heteroatoms. The van der Waals surface area contributed by atoms with E-state index in [1.165, 1.54) is 12.1 Å². The molecule has 0 spiro atoms. The van der Waals surface area contributed by atoms with Crippen molar-refractivity contribution in [3.8, 4) is 11.5 Å². The number of likely N-dealkylation sites (tertiary alicyclic amines) is 1. The quantitative estimate of drug-likeness (QED) is 0.605. The van der Waals surface area contributed by atoms with Crippen LogP contribution < -0.4 is 15.0 Å². The van der Waals surface area contributed by atoms with Crippen molar-refractivity contribution >= 4 is 0 Å². The number of hydrogen-bond acceptors (Lipinski definition) is 5. The molecule has 1 aliphatic rings. The average Bonchev–Trinajstić information content (AvgIpc) is 3.17. The van der Waals surface area contributed by atoms with E-state index in [4.69, 9.17) is 9.47 Å². The molecule has 3 aromatic rings. The Labute approximate surface area is 187 Å². The molecular weight excluding hydrogens is 409 g/mol. The van der Waals surface area contributed by atoms with Gasteiger partial charge in [-0.05, 0) is 43.2 Å². The van der Waals surface area contributed by atoms with Crippen LogP contribution in [0.5, 0.6) is 11.5 Å². The summed E-state index contributed by atoms with van der Waals surface area (Å²) >= 11 is 0. The van der Waals surface area contributed by atoms with Gasteiger partial charge in [-0.15, -0.1) is 0 Å². The van der Waals surface area contributed by atoms with E-state index in [1.54, 1.807) is 20.1 Å². The van der Waals surface area contributed by atoms with Crippen LogP contribution in [0.2, 0.25) is 0 Å². The first-order chi connectivity index (χ1) is 15.5. The van der Waals surface area contributed by atoms with Gasteiger partial charge < -0.3 is 14.5 Å². The van der Waals surface area contributed by atoms with Gasteiger partial charge >= 0.3 is 0 Å². The standard InChI is InChI=1S/C25H28FN3O3/c1-4-32-24-11-17(9-10-23(24)31-3)13-29-14-19(18-7-5-6-8-21(18)26)20(15-29)22-12-25(30)28-16(2)27-22/h5-12,19-20H,4,13-15H2,1-3H3,(H,27,28,30)/t19-,20+/m0/s1. The van der Waals surface area contributed by atoms with Gasteiger partial charge in [0, 0.05) is 37.5 Å². The Hall–Kier alpha value is -3.19. The Balaban J connectivity index is 1.65. The summed E-state index contributed by atoms with van der Waals surface area (Å²) in [7, 11) is 1.62. The summed E-state index contributed by atoms with van der Waals surface area (Å²) in [6.07, 6.45) is 0. The molecule has 0 amide bonds. The molecule has 32 heavy (non-hydrogen) atoms. The predicted molar refractivity (Wildman–Crippen MR) is 121 cm³/mol. The van der Waals surface area contributed by atoms with Crippen LogP contribution in [0.1, 0.15) is 41.4 Å². The molecule has 1 aliphatic heterocycles. The van der Waals surface area contributed by atoms with Crippen molar-refractivity contribution in [2.24, 2.45) is 0 Å². The number of halogens is 1. The maximum absolute atomic E-state index is 14.7. The van der Waals surface area contributed by atoms with Gasteiger partial charge in [-0.2, -0.15) is 0 Å². The highest BCUT2D eigenvalue weighted by Gasteiger charge is 2.37. The van der Waals surface area contributed by atoms with Gasteiger partial charge in [0.05, 0.1) is 19.4 Å². The molecule has 6 nitrogen and oxygen atoms in total. The number of nitrogens with one attached hydrogen (secondary N) is 1. The Morgan fingerprint density at radius 1 is 1.12 bits per heavy atom. The lowest BCUT2D eigenvalue weighted by Gasteiger charge is -2.19. The largest absolute Gasteiger partial charge is 0.493 e. The zero-order valence-electron chi connectivity index (χ0n) is 18.6. The van der Waals surface area contributed by atoms with Crippen LogP contribution in [-0.4, -0.2) is 41.7 Å². The number of nitrogens with zero attached hydrogens (tertiary/aromatic N) is 2. The maximum atomic E-state index is 14.7. The number of aromatic nitrogens is 2. The summed E-state index contributed by atoms with van der Waals surface area (Å²) in [6, 6.07) is 14.3. The molecule has 1 fully saturated rings. The van der Waals surface area contributed by atoms with Gasteiger partial charge in [0.1, 0.15) is 11.6 Å². The van der Waals surface area contributed by atoms with E-state index in [9.17, 15) is 9.18 Å². The zero-order chi connectivity index (χ0) is 22.7. The maximum Gasteiger partial charge on any atom is 0.251 e. The molecule has 1 N–H and O–H groups in total. The van der Waals surface area contributed by atoms with Crippen molar-refractivity contribution in [2.45, 2.75) is 32.2 Å². The molecule has 2 heterocycles. The Bertz CT molecular complexity index is 1150. The predicted octanol–water partition coefficient (Wildman–Crippen LogP) is 4.01. The second-order valence-electron chi connectivity index (χ2n) is 8.10. The number of rotatable bonds is 7. The van der Waals surface area contributed by atoms with Crippen molar-refractivity contribution in [3.63, 3.8) is 0 Å². The second-order valence-corrected chi connectivity index (χ2v) is 8.10. The first-order valence-electron chi connectivity index (χ1n) is 10.8. The zero-order valence-corrected chi connectivity index (χ0v) is 18.6. The van der Waals surface area contributed by atoms with E-state index in [0.29, 0.717) is 54.8 Å². The highest BCUT2D eigenvalue weighted by molar-refractivity contribution is 5.43. The van der Waals surface area contributed by atoms with E-state index < -0.39 is 0 Å². The fourth-order valence-electron chi connectivity index (χ4n) is 4.54. The second kappa shape index (κ2) is 9.53. The molecule has 1 aromatic heterocycles. The first-order valence-corrected chi connectivity index (χ1v) is 10.8. The first kappa shape index (κ1) is 22.0. The monoisotopic (exact) mass is 437 g/mol. The Kier molecular flexibility index (Phi) is 6.55. The van der Waals surface area contributed by atoms with E-state index in [0.717, 1.165) is 5.56 Å². The number of methoxy groups -OCH3 is 1. The van der Waals surface area contributed by atoms with E-state index in [-0.39, 0.29) is 23.2 Å². The fraction of sp³-hybridized carbons (Fsp3) is 0.360. The molecule has 0 unspecified atom stereocenters. The van der Waals surface area contributed by atoms with Gasteiger partial charge in [-0.1, -0.05) is 24.3 Å². The smallest absolute Gasteiger partial charge is 0.251 e. The lowest BCUT2D eigenvalue weighted by Crippen LogP contribution is -2.21. The third-order valence-electron chi connectivity index (χ3n) is 5.89. The molecule has 1 saturated heterocycles. The van der Waals surface area contributed by atoms with Gasteiger partial charge in [-0.3, -0.25) is 9.69 Å². The van der Waals surface area contributed by atoms with Crippen LogP contribution in [0.4, 0.5) is 4.39 Å². The highest BCUT2D eigenvalue weighted by atomic mass is 19.1. The molecular formula is C25H28FN3O3. The molecule has 0 aliphatic carbocycles. The summed E-state index contributed by atoms with van der Waals surface area (Å²) in [5.74, 6) is 1.55. The van der Waals surface area contributed by atoms with E-state index in [2.05, 4.69) is 14.9 Å². The molecule has 2 atom stereocenters. The third kappa shape index (κ3) is 4.67. The lowest BCUT2D eigenvalue weighted by molar-refractivity contribution is 0.305. The van der Waals surface area contributed by atoms with Crippen molar-refractivity contribution in [3.05, 3.63) is 87.3 Å². The number of aryl methyl sites for hydroxylation is 1. The van der Waals surface area contributed by atoms with Gasteiger partial charge in [0.15, 0.2) is 11.5 Å². The minimum atomic E-state index is -0.228.